The summed E-state index contributed by atoms with van der Waals surface area (Å²) in [6, 6.07) is 6.07. The van der Waals surface area contributed by atoms with E-state index >= 15 is 0 Å². The standard InChI is InChI=1S/C29H51NO2/c1-5-6-7-8-9-10-11-12-13-14-15-16-17-18-19-20-23-30-29(31)32-28-24-26(4)21-22-27(28)25(2)3/h21-22,24-25H,5-20,23H2,1-4H3,(H,30,31). The normalized spacial score (nSPS) is 11.2. The molecule has 0 saturated carbocycles. The smallest absolute Gasteiger partial charge is 0.410 e. The molecule has 1 aromatic carbocycles. The molecule has 0 aliphatic rings. The highest BCUT2D eigenvalue weighted by atomic mass is 16.6. The van der Waals surface area contributed by atoms with Gasteiger partial charge in [-0.05, 0) is 36.5 Å². The molecule has 1 N–H and O–H groups in total. The van der Waals surface area contributed by atoms with Crippen LogP contribution in [0.3, 0.4) is 0 Å². The van der Waals surface area contributed by atoms with Crippen molar-refractivity contribution in [3.05, 3.63) is 29.3 Å². The lowest BCUT2D eigenvalue weighted by molar-refractivity contribution is 0.199. The van der Waals surface area contributed by atoms with Gasteiger partial charge in [0.2, 0.25) is 0 Å². The molecule has 0 aliphatic carbocycles. The summed E-state index contributed by atoms with van der Waals surface area (Å²) in [6.45, 7) is 9.23. The molecule has 0 heterocycles. The first-order valence-corrected chi connectivity index (χ1v) is 13.6. The molecule has 0 radical (unpaired) electrons. The molecule has 0 saturated heterocycles. The summed E-state index contributed by atoms with van der Waals surface area (Å²) >= 11 is 0. The fourth-order valence-corrected chi connectivity index (χ4v) is 4.21. The van der Waals surface area contributed by atoms with Crippen LogP contribution in [0.5, 0.6) is 5.75 Å². The molecule has 0 spiro atoms. The lowest BCUT2D eigenvalue weighted by Gasteiger charge is -2.14. The highest BCUT2D eigenvalue weighted by Gasteiger charge is 2.11. The SMILES string of the molecule is CCCCCCCCCCCCCCCCCCNC(=O)Oc1cc(C)ccc1C(C)C. The molecule has 184 valence electrons. The summed E-state index contributed by atoms with van der Waals surface area (Å²) in [5.41, 5.74) is 2.18. The van der Waals surface area contributed by atoms with E-state index in [0.29, 0.717) is 18.2 Å². The van der Waals surface area contributed by atoms with E-state index < -0.39 is 0 Å². The van der Waals surface area contributed by atoms with Crippen LogP contribution in [0.15, 0.2) is 18.2 Å². The third kappa shape index (κ3) is 14.5. The van der Waals surface area contributed by atoms with Crippen LogP contribution in [0.1, 0.15) is 141 Å². The minimum Gasteiger partial charge on any atom is -0.410 e. The number of hydrogen-bond donors (Lipinski definition) is 1. The first-order valence-electron chi connectivity index (χ1n) is 13.6. The second-order valence-corrected chi connectivity index (χ2v) is 9.82. The molecule has 1 aromatic rings. The molecule has 0 bridgehead atoms. The van der Waals surface area contributed by atoms with Crippen LogP contribution in [0.4, 0.5) is 4.79 Å². The number of benzene rings is 1. The summed E-state index contributed by atoms with van der Waals surface area (Å²) in [6.07, 6.45) is 21.4. The first-order chi connectivity index (χ1) is 15.5. The minimum atomic E-state index is -0.335. The first kappa shape index (κ1) is 28.5. The van der Waals surface area contributed by atoms with Crippen molar-refractivity contribution in [2.75, 3.05) is 6.54 Å². The monoisotopic (exact) mass is 445 g/mol. The molecule has 0 atom stereocenters. The maximum Gasteiger partial charge on any atom is 0.412 e. The van der Waals surface area contributed by atoms with Crippen LogP contribution in [0.2, 0.25) is 0 Å². The van der Waals surface area contributed by atoms with Crippen molar-refractivity contribution >= 4 is 6.09 Å². The van der Waals surface area contributed by atoms with Gasteiger partial charge in [-0.2, -0.15) is 0 Å². The minimum absolute atomic E-state index is 0.332. The number of aryl methyl sites for hydroxylation is 1. The summed E-state index contributed by atoms with van der Waals surface area (Å²) < 4.78 is 5.57. The van der Waals surface area contributed by atoms with E-state index in [1.807, 2.05) is 13.0 Å². The Morgan fingerprint density at radius 1 is 0.781 bits per heavy atom. The van der Waals surface area contributed by atoms with E-state index in [0.717, 1.165) is 17.5 Å². The quantitative estimate of drug-likeness (QED) is 0.215. The summed E-state index contributed by atoms with van der Waals surface area (Å²) in [7, 11) is 0. The van der Waals surface area contributed by atoms with Gasteiger partial charge < -0.3 is 10.1 Å². The van der Waals surface area contributed by atoms with Crippen molar-refractivity contribution in [1.82, 2.24) is 5.32 Å². The number of nitrogens with one attached hydrogen (secondary N) is 1. The van der Waals surface area contributed by atoms with Gasteiger partial charge in [0, 0.05) is 6.54 Å². The Morgan fingerprint density at radius 2 is 1.25 bits per heavy atom. The molecule has 0 unspecified atom stereocenters. The Bertz CT molecular complexity index is 597. The van der Waals surface area contributed by atoms with Crippen molar-refractivity contribution in [1.29, 1.82) is 0 Å². The third-order valence-electron chi connectivity index (χ3n) is 6.29. The van der Waals surface area contributed by atoms with E-state index in [2.05, 4.69) is 38.2 Å². The van der Waals surface area contributed by atoms with Gasteiger partial charge in [-0.1, -0.05) is 129 Å². The number of unbranched alkanes of at least 4 members (excludes halogenated alkanes) is 15. The summed E-state index contributed by atoms with van der Waals surface area (Å²) in [4.78, 5) is 12.1. The van der Waals surface area contributed by atoms with Crippen LogP contribution in [0, 0.1) is 6.92 Å². The van der Waals surface area contributed by atoms with Gasteiger partial charge in [-0.15, -0.1) is 0 Å². The van der Waals surface area contributed by atoms with E-state index in [-0.39, 0.29) is 6.09 Å². The molecule has 0 aromatic heterocycles. The average Bonchev–Trinajstić information content (AvgIpc) is 2.75. The zero-order chi connectivity index (χ0) is 23.4. The Hall–Kier alpha value is -1.51. The van der Waals surface area contributed by atoms with Crippen molar-refractivity contribution in [3.8, 4) is 5.75 Å². The van der Waals surface area contributed by atoms with Crippen LogP contribution in [-0.2, 0) is 0 Å². The lowest BCUT2D eigenvalue weighted by atomic mass is 10.0. The molecule has 3 heteroatoms. The number of rotatable bonds is 19. The van der Waals surface area contributed by atoms with Gasteiger partial charge in [0.25, 0.3) is 0 Å². The molecule has 0 aliphatic heterocycles. The zero-order valence-electron chi connectivity index (χ0n) is 21.6. The topological polar surface area (TPSA) is 38.3 Å². The van der Waals surface area contributed by atoms with E-state index in [4.69, 9.17) is 4.74 Å². The average molecular weight is 446 g/mol. The van der Waals surface area contributed by atoms with Gasteiger partial charge in [-0.25, -0.2) is 4.79 Å². The van der Waals surface area contributed by atoms with Gasteiger partial charge in [0.1, 0.15) is 5.75 Å². The Kier molecular flexibility index (Phi) is 16.9. The van der Waals surface area contributed by atoms with Crippen molar-refractivity contribution in [2.45, 2.75) is 136 Å². The maximum absolute atomic E-state index is 12.1. The number of amides is 1. The lowest BCUT2D eigenvalue weighted by Crippen LogP contribution is -2.28. The van der Waals surface area contributed by atoms with Gasteiger partial charge in [0.15, 0.2) is 0 Å². The highest BCUT2D eigenvalue weighted by Crippen LogP contribution is 2.27. The maximum atomic E-state index is 12.1. The van der Waals surface area contributed by atoms with Gasteiger partial charge in [0.05, 0.1) is 0 Å². The fraction of sp³-hybridized carbons (Fsp3) is 0.759. The van der Waals surface area contributed by atoms with Gasteiger partial charge in [-0.3, -0.25) is 0 Å². The second-order valence-electron chi connectivity index (χ2n) is 9.82. The van der Waals surface area contributed by atoms with Crippen LogP contribution >= 0.6 is 0 Å². The molecule has 32 heavy (non-hydrogen) atoms. The van der Waals surface area contributed by atoms with Crippen LogP contribution in [-0.4, -0.2) is 12.6 Å². The molecular weight excluding hydrogens is 394 g/mol. The van der Waals surface area contributed by atoms with Crippen molar-refractivity contribution in [2.24, 2.45) is 0 Å². The largest absolute Gasteiger partial charge is 0.412 e. The number of carbonyl (C=O) groups excluding carboxylic acids is 1. The van der Waals surface area contributed by atoms with Gasteiger partial charge >= 0.3 is 6.09 Å². The number of ether oxygens (including phenoxy) is 1. The van der Waals surface area contributed by atoms with Crippen LogP contribution < -0.4 is 10.1 Å². The molecule has 1 amide bonds. The summed E-state index contributed by atoms with van der Waals surface area (Å²) in [5.74, 6) is 1.02. The summed E-state index contributed by atoms with van der Waals surface area (Å²) in [5, 5.41) is 2.91. The van der Waals surface area contributed by atoms with E-state index in [1.165, 1.54) is 96.3 Å². The Labute approximate surface area is 199 Å². The zero-order valence-corrected chi connectivity index (χ0v) is 21.6. The molecule has 3 nitrogen and oxygen atoms in total. The van der Waals surface area contributed by atoms with Crippen molar-refractivity contribution < 1.29 is 9.53 Å². The molecular formula is C29H51NO2. The fourth-order valence-electron chi connectivity index (χ4n) is 4.21. The number of carbonyl (C=O) groups is 1. The second kappa shape index (κ2) is 19.0. The predicted octanol–water partition coefficient (Wildman–Crippen LogP) is 9.47. The molecule has 1 rings (SSSR count). The van der Waals surface area contributed by atoms with Crippen molar-refractivity contribution in [3.63, 3.8) is 0 Å². The Morgan fingerprint density at radius 3 is 1.72 bits per heavy atom. The van der Waals surface area contributed by atoms with E-state index in [9.17, 15) is 4.79 Å². The number of hydrogen-bond acceptors (Lipinski definition) is 2. The molecule has 0 fully saturated rings. The predicted molar refractivity (Wildman–Crippen MR) is 139 cm³/mol. The third-order valence-corrected chi connectivity index (χ3v) is 6.29. The Balaban J connectivity index is 1.92. The van der Waals surface area contributed by atoms with Crippen LogP contribution in [0.25, 0.3) is 0 Å². The highest BCUT2D eigenvalue weighted by molar-refractivity contribution is 5.71. The van der Waals surface area contributed by atoms with E-state index in [1.54, 1.807) is 0 Å².